The van der Waals surface area contributed by atoms with Crippen LogP contribution < -0.4 is 0 Å². The minimum atomic E-state index is -1.19. The van der Waals surface area contributed by atoms with Crippen molar-refractivity contribution >= 4 is 37.5 Å². The fourth-order valence-corrected chi connectivity index (χ4v) is 4.42. The van der Waals surface area contributed by atoms with E-state index in [0.29, 0.717) is 23.4 Å². The molecular weight excluding hydrogens is 423 g/mol. The Morgan fingerprint density at radius 1 is 1.21 bits per heavy atom. The molecule has 0 radical (unpaired) electrons. The Bertz CT molecular complexity index is 1020. The van der Waals surface area contributed by atoms with Crippen molar-refractivity contribution in [2.75, 3.05) is 6.61 Å². The van der Waals surface area contributed by atoms with Gasteiger partial charge in [0.05, 0.1) is 22.6 Å². The number of halogens is 2. The normalized spacial score (nSPS) is 11.8. The molecule has 0 aliphatic heterocycles. The Hall–Kier alpha value is -1.86. The van der Waals surface area contributed by atoms with Crippen LogP contribution in [0.3, 0.4) is 0 Å². The molecule has 2 heterocycles. The molecule has 3 aromatic rings. The van der Waals surface area contributed by atoms with Gasteiger partial charge in [0.15, 0.2) is 0 Å². The van der Waals surface area contributed by atoms with Crippen LogP contribution in [0.2, 0.25) is 35.7 Å². The van der Waals surface area contributed by atoms with Crippen LogP contribution in [-0.2, 0) is 11.5 Å². The highest BCUT2D eigenvalue weighted by Crippen LogP contribution is 2.37. The third-order valence-electron chi connectivity index (χ3n) is 4.79. The number of nitrogens with zero attached hydrogens (tertiary/aromatic N) is 2. The summed E-state index contributed by atoms with van der Waals surface area (Å²) < 4.78 is 8.15. The van der Waals surface area contributed by atoms with Crippen molar-refractivity contribution in [2.24, 2.45) is 0 Å². The zero-order valence-electron chi connectivity index (χ0n) is 17.1. The number of rotatable bonds is 8. The second-order valence-electron chi connectivity index (χ2n) is 8.29. The molecule has 0 spiro atoms. The van der Waals surface area contributed by atoms with Crippen LogP contribution in [-0.4, -0.2) is 35.7 Å². The van der Waals surface area contributed by atoms with Gasteiger partial charge in [-0.3, -0.25) is 5.10 Å². The lowest BCUT2D eigenvalue weighted by Gasteiger charge is -2.18. The summed E-state index contributed by atoms with van der Waals surface area (Å²) in [7, 11) is -1.19. The maximum absolute atomic E-state index is 7.96. The molecule has 154 valence electrons. The van der Waals surface area contributed by atoms with Gasteiger partial charge in [0.2, 0.25) is 0 Å². The number of hydrogen-bond acceptors (Lipinski definition) is 3. The molecule has 0 aliphatic carbocycles. The lowest BCUT2D eigenvalue weighted by atomic mass is 10.1. The Morgan fingerprint density at radius 3 is 2.55 bits per heavy atom. The Labute approximate surface area is 182 Å². The van der Waals surface area contributed by atoms with Crippen molar-refractivity contribution in [1.82, 2.24) is 14.8 Å². The number of H-pyrrole nitrogens is 1. The molecule has 2 N–H and O–H groups in total. The molecule has 8 heteroatoms. The van der Waals surface area contributed by atoms with Crippen LogP contribution >= 0.6 is 23.2 Å². The Balaban J connectivity index is 2.09. The Kier molecular flexibility index (Phi) is 6.68. The van der Waals surface area contributed by atoms with Gasteiger partial charge < -0.3 is 14.7 Å². The van der Waals surface area contributed by atoms with E-state index < -0.39 is 8.07 Å². The van der Waals surface area contributed by atoms with Crippen LogP contribution in [0.15, 0.2) is 30.5 Å². The number of aromatic nitrogens is 3. The average molecular weight is 449 g/mol. The largest absolute Gasteiger partial charge is 0.361 e. The van der Waals surface area contributed by atoms with E-state index in [2.05, 4.69) is 34.4 Å². The summed E-state index contributed by atoms with van der Waals surface area (Å²) in [5.41, 5.74) is 5.28. The van der Waals surface area contributed by atoms with Crippen molar-refractivity contribution in [1.29, 1.82) is 5.41 Å². The minimum Gasteiger partial charge on any atom is -0.361 e. The molecule has 29 heavy (non-hydrogen) atoms. The third-order valence-corrected chi connectivity index (χ3v) is 7.04. The molecule has 3 rings (SSSR count). The summed E-state index contributed by atoms with van der Waals surface area (Å²) in [4.78, 5) is 0. The first-order valence-electron chi connectivity index (χ1n) is 9.49. The van der Waals surface area contributed by atoms with Gasteiger partial charge in [-0.25, -0.2) is 0 Å². The zero-order chi connectivity index (χ0) is 21.2. The summed E-state index contributed by atoms with van der Waals surface area (Å²) in [6, 6.07) is 8.48. The van der Waals surface area contributed by atoms with E-state index in [4.69, 9.17) is 33.3 Å². The first-order valence-corrected chi connectivity index (χ1v) is 13.9. The molecule has 0 unspecified atom stereocenters. The van der Waals surface area contributed by atoms with Gasteiger partial charge in [-0.1, -0.05) is 42.8 Å². The first-order chi connectivity index (χ1) is 13.7. The molecule has 0 saturated heterocycles. The molecule has 0 bridgehead atoms. The van der Waals surface area contributed by atoms with Crippen LogP contribution in [0, 0.1) is 12.3 Å². The predicted octanol–water partition coefficient (Wildman–Crippen LogP) is 6.47. The monoisotopic (exact) mass is 448 g/mol. The molecule has 0 aliphatic rings. The van der Waals surface area contributed by atoms with Gasteiger partial charge in [0.25, 0.3) is 0 Å². The summed E-state index contributed by atoms with van der Waals surface area (Å²) in [6.07, 6.45) is 3.14. The summed E-state index contributed by atoms with van der Waals surface area (Å²) in [5.74, 6) is 0. The molecule has 2 aromatic heterocycles. The van der Waals surface area contributed by atoms with Gasteiger partial charge in [0, 0.05) is 48.3 Å². The minimum absolute atomic E-state index is 0.368. The lowest BCUT2D eigenvalue weighted by molar-refractivity contribution is 0.0896. The van der Waals surface area contributed by atoms with Crippen molar-refractivity contribution in [3.63, 3.8) is 0 Å². The number of ether oxygens (including phenoxy) is 1. The molecule has 0 atom stereocenters. The first kappa shape index (κ1) is 21.8. The van der Waals surface area contributed by atoms with Gasteiger partial charge >= 0.3 is 0 Å². The molecule has 0 amide bonds. The number of aryl methyl sites for hydroxylation is 1. The van der Waals surface area contributed by atoms with Crippen molar-refractivity contribution in [3.05, 3.63) is 51.8 Å². The fraction of sp³-hybridized carbons (Fsp3) is 0.333. The second-order valence-corrected chi connectivity index (χ2v) is 14.8. The SMILES string of the molecule is Cc1[nH]ncc1-c1cc(C=N)c(-c2ccc(Cl)cc2Cl)n1COCC[Si](C)(C)C. The maximum Gasteiger partial charge on any atom is 0.123 e. The van der Waals surface area contributed by atoms with E-state index in [1.54, 1.807) is 12.3 Å². The third kappa shape index (κ3) is 5.01. The maximum atomic E-state index is 7.96. The van der Waals surface area contributed by atoms with E-state index in [1.165, 1.54) is 6.21 Å². The molecular formula is C21H26Cl2N4OSi. The van der Waals surface area contributed by atoms with Gasteiger partial charge in [0.1, 0.15) is 6.73 Å². The highest BCUT2D eigenvalue weighted by atomic mass is 35.5. The van der Waals surface area contributed by atoms with Crippen molar-refractivity contribution < 1.29 is 4.74 Å². The molecule has 5 nitrogen and oxygen atoms in total. The van der Waals surface area contributed by atoms with Gasteiger partial charge in [-0.05, 0) is 37.2 Å². The van der Waals surface area contributed by atoms with Crippen LogP contribution in [0.25, 0.3) is 22.5 Å². The average Bonchev–Trinajstić information content (AvgIpc) is 3.21. The van der Waals surface area contributed by atoms with E-state index >= 15 is 0 Å². The van der Waals surface area contributed by atoms with E-state index in [-0.39, 0.29) is 0 Å². The second kappa shape index (κ2) is 8.88. The summed E-state index contributed by atoms with van der Waals surface area (Å²) in [6.45, 7) is 10.0. The predicted molar refractivity (Wildman–Crippen MR) is 124 cm³/mol. The van der Waals surface area contributed by atoms with E-state index in [9.17, 15) is 0 Å². The smallest absolute Gasteiger partial charge is 0.123 e. The number of benzene rings is 1. The van der Waals surface area contributed by atoms with Gasteiger partial charge in [-0.15, -0.1) is 0 Å². The summed E-state index contributed by atoms with van der Waals surface area (Å²) in [5, 5.41) is 16.2. The topological polar surface area (TPSA) is 66.7 Å². The van der Waals surface area contributed by atoms with Gasteiger partial charge in [-0.2, -0.15) is 5.10 Å². The molecule has 1 aromatic carbocycles. The number of hydrogen-bond donors (Lipinski definition) is 2. The van der Waals surface area contributed by atoms with Crippen molar-refractivity contribution in [2.45, 2.75) is 39.3 Å². The summed E-state index contributed by atoms with van der Waals surface area (Å²) >= 11 is 12.6. The quantitative estimate of drug-likeness (QED) is 0.235. The number of nitrogens with one attached hydrogen (secondary N) is 2. The van der Waals surface area contributed by atoms with E-state index in [0.717, 1.165) is 39.8 Å². The molecule has 0 fully saturated rings. The van der Waals surface area contributed by atoms with Crippen LogP contribution in [0.1, 0.15) is 11.3 Å². The van der Waals surface area contributed by atoms with Crippen molar-refractivity contribution in [3.8, 4) is 22.5 Å². The molecule has 0 saturated carbocycles. The highest BCUT2D eigenvalue weighted by Gasteiger charge is 2.21. The van der Waals surface area contributed by atoms with Crippen LogP contribution in [0.4, 0.5) is 0 Å². The lowest BCUT2D eigenvalue weighted by Crippen LogP contribution is -2.22. The standard InChI is InChI=1S/C21H26Cl2N4OSi/c1-14-18(12-25-26-14)20-9-15(11-24)21(17-6-5-16(22)10-19(17)23)27(20)13-28-7-8-29(2,3)4/h5-6,9-12,24H,7-8,13H2,1-4H3,(H,25,26). The van der Waals surface area contributed by atoms with E-state index in [1.807, 2.05) is 25.1 Å². The number of aromatic amines is 1. The highest BCUT2D eigenvalue weighted by molar-refractivity contribution is 6.76. The zero-order valence-corrected chi connectivity index (χ0v) is 19.7. The van der Waals surface area contributed by atoms with Crippen LogP contribution in [0.5, 0.6) is 0 Å². The fourth-order valence-electron chi connectivity index (χ4n) is 3.16. The Morgan fingerprint density at radius 2 is 1.97 bits per heavy atom.